The molecular formula is C4H10Li2. The van der Waals surface area contributed by atoms with Crippen molar-refractivity contribution in [3.8, 4) is 0 Å². The second-order valence-corrected chi connectivity index (χ2v) is 1.41. The molecule has 0 aromatic rings. The van der Waals surface area contributed by atoms with Crippen molar-refractivity contribution < 1.29 is 40.6 Å². The molecular weight excluding hydrogens is 61.9 g/mol. The van der Waals surface area contributed by atoms with E-state index in [1.54, 1.807) is 0 Å². The molecule has 1 aliphatic rings. The van der Waals surface area contributed by atoms with Gasteiger partial charge in [0.25, 0.3) is 0 Å². The zero-order valence-corrected chi connectivity index (χ0v) is 4.83. The molecule has 0 amide bonds. The Hall–Kier alpha value is 1.19. The predicted octanol–water partition coefficient (Wildman–Crippen LogP) is -4.21. The zero-order valence-electron chi connectivity index (χ0n) is 6.83. The Morgan fingerprint density at radius 3 is 0.833 bits per heavy atom. The van der Waals surface area contributed by atoms with Gasteiger partial charge < -0.3 is 2.85 Å². The van der Waals surface area contributed by atoms with E-state index in [2.05, 4.69) is 0 Å². The van der Waals surface area contributed by atoms with Gasteiger partial charge in [-0.1, -0.05) is 25.7 Å². The first-order valence-electron chi connectivity index (χ1n) is 2.00. The summed E-state index contributed by atoms with van der Waals surface area (Å²) in [7, 11) is 0. The molecule has 0 atom stereocenters. The molecule has 28 valence electrons. The van der Waals surface area contributed by atoms with Crippen LogP contribution in [0.3, 0.4) is 0 Å². The molecule has 0 nitrogen and oxygen atoms in total. The van der Waals surface area contributed by atoms with Gasteiger partial charge in [0.1, 0.15) is 0 Å². The third-order valence-corrected chi connectivity index (χ3v) is 1.000. The molecule has 0 bridgehead atoms. The van der Waals surface area contributed by atoms with Gasteiger partial charge in [0.05, 0.1) is 0 Å². The molecule has 0 spiro atoms. The fourth-order valence-corrected chi connectivity index (χ4v) is 0.250. The summed E-state index contributed by atoms with van der Waals surface area (Å²) in [5.74, 6) is 0. The fraction of sp³-hybridized carbons (Fsp3) is 1.00. The molecule has 0 heterocycles. The molecule has 0 aromatic heterocycles. The summed E-state index contributed by atoms with van der Waals surface area (Å²) < 4.78 is 0. The van der Waals surface area contributed by atoms with Crippen LogP contribution in [0, 0.1) is 0 Å². The minimum atomic E-state index is 0. The average Bonchev–Trinajstić information content (AvgIpc) is 0.722. The Labute approximate surface area is 66.4 Å². The maximum atomic E-state index is 1.50. The van der Waals surface area contributed by atoms with Crippen LogP contribution in [0.15, 0.2) is 0 Å². The number of rotatable bonds is 0. The van der Waals surface area contributed by atoms with E-state index in [4.69, 9.17) is 0 Å². The third-order valence-electron chi connectivity index (χ3n) is 1.000. The second kappa shape index (κ2) is 6.19. The van der Waals surface area contributed by atoms with Gasteiger partial charge in [-0.3, -0.25) is 0 Å². The molecule has 1 rings (SSSR count). The van der Waals surface area contributed by atoms with E-state index in [0.717, 1.165) is 0 Å². The van der Waals surface area contributed by atoms with Gasteiger partial charge in [-0.2, -0.15) is 0 Å². The van der Waals surface area contributed by atoms with E-state index in [0.29, 0.717) is 0 Å². The van der Waals surface area contributed by atoms with Crippen LogP contribution >= 0.6 is 0 Å². The molecule has 0 radical (unpaired) electrons. The van der Waals surface area contributed by atoms with Crippen LogP contribution in [-0.2, 0) is 0 Å². The molecule has 2 heteroatoms. The summed E-state index contributed by atoms with van der Waals surface area (Å²) in [5.41, 5.74) is 0. The van der Waals surface area contributed by atoms with Gasteiger partial charge in [0.15, 0.2) is 0 Å². The van der Waals surface area contributed by atoms with Crippen LogP contribution in [-0.4, -0.2) is 0 Å². The second-order valence-electron chi connectivity index (χ2n) is 1.41. The smallest absolute Gasteiger partial charge is 1.00 e. The van der Waals surface area contributed by atoms with Crippen molar-refractivity contribution in [3.63, 3.8) is 0 Å². The summed E-state index contributed by atoms with van der Waals surface area (Å²) in [5, 5.41) is 0. The maximum Gasteiger partial charge on any atom is 1.00 e. The summed E-state index contributed by atoms with van der Waals surface area (Å²) in [6, 6.07) is 0. The van der Waals surface area contributed by atoms with Gasteiger partial charge in [-0.05, 0) is 0 Å². The fourth-order valence-electron chi connectivity index (χ4n) is 0.250. The molecule has 0 aromatic carbocycles. The maximum absolute atomic E-state index is 1.50. The van der Waals surface area contributed by atoms with E-state index in [1.165, 1.54) is 25.7 Å². The van der Waals surface area contributed by atoms with Gasteiger partial charge in [0, 0.05) is 0 Å². The Balaban J connectivity index is -0.0000000200. The summed E-state index contributed by atoms with van der Waals surface area (Å²) in [6.07, 6.45) is 6.00. The molecule has 0 N–H and O–H groups in total. The number of hydrogen-bond acceptors (Lipinski definition) is 0. The number of hydrogen-bond donors (Lipinski definition) is 0. The Morgan fingerprint density at radius 2 is 0.833 bits per heavy atom. The van der Waals surface area contributed by atoms with Crippen molar-refractivity contribution in [3.05, 3.63) is 0 Å². The van der Waals surface area contributed by atoms with Gasteiger partial charge in [-0.15, -0.1) is 0 Å². The van der Waals surface area contributed by atoms with E-state index in [1.807, 2.05) is 0 Å². The first-order valence-corrected chi connectivity index (χ1v) is 2.00. The molecule has 0 unspecified atom stereocenters. The quantitative estimate of drug-likeness (QED) is 0.254. The van der Waals surface area contributed by atoms with Gasteiger partial charge in [0.2, 0.25) is 0 Å². The molecule has 1 fully saturated rings. The standard InChI is InChI=1S/C4H8.2Li.2H/c1-2-4-3-1;;;;/h1-4H2;;;;/q;2*+1;2*-1. The normalized spacial score (nSPS) is 16.0. The minimum Gasteiger partial charge on any atom is -1.00 e. The van der Waals surface area contributed by atoms with E-state index in [-0.39, 0.29) is 40.6 Å². The van der Waals surface area contributed by atoms with Gasteiger partial charge >= 0.3 is 37.7 Å². The van der Waals surface area contributed by atoms with Crippen molar-refractivity contribution >= 4 is 0 Å². The molecule has 1 aliphatic carbocycles. The van der Waals surface area contributed by atoms with E-state index < -0.39 is 0 Å². The molecule has 0 saturated heterocycles. The molecule has 0 aliphatic heterocycles. The minimum absolute atomic E-state index is 0. The van der Waals surface area contributed by atoms with Crippen LogP contribution in [0.2, 0.25) is 0 Å². The molecule has 1 saturated carbocycles. The van der Waals surface area contributed by atoms with Crippen LogP contribution in [0.25, 0.3) is 0 Å². The summed E-state index contributed by atoms with van der Waals surface area (Å²) in [4.78, 5) is 0. The summed E-state index contributed by atoms with van der Waals surface area (Å²) in [6.45, 7) is 0. The van der Waals surface area contributed by atoms with Crippen LogP contribution in [0.4, 0.5) is 0 Å². The average molecular weight is 72.0 g/mol. The largest absolute Gasteiger partial charge is 1.00 e. The Morgan fingerprint density at radius 1 is 0.667 bits per heavy atom. The third kappa shape index (κ3) is 3.39. The van der Waals surface area contributed by atoms with Crippen LogP contribution in [0.5, 0.6) is 0 Å². The van der Waals surface area contributed by atoms with Gasteiger partial charge in [-0.25, -0.2) is 0 Å². The van der Waals surface area contributed by atoms with Crippen molar-refractivity contribution in [2.75, 3.05) is 0 Å². The Kier molecular flexibility index (Phi) is 10.6. The first kappa shape index (κ1) is 10.2. The summed E-state index contributed by atoms with van der Waals surface area (Å²) >= 11 is 0. The molecule has 6 heavy (non-hydrogen) atoms. The van der Waals surface area contributed by atoms with Crippen LogP contribution < -0.4 is 37.7 Å². The topological polar surface area (TPSA) is 0 Å². The van der Waals surface area contributed by atoms with E-state index in [9.17, 15) is 0 Å². The van der Waals surface area contributed by atoms with E-state index >= 15 is 0 Å². The SMILES string of the molecule is C1CCC1.[H-].[H-].[Li+].[Li+]. The van der Waals surface area contributed by atoms with Crippen molar-refractivity contribution in [2.45, 2.75) is 25.7 Å². The van der Waals surface area contributed by atoms with Crippen molar-refractivity contribution in [2.24, 2.45) is 0 Å². The zero-order chi connectivity index (χ0) is 2.83. The monoisotopic (exact) mass is 72.1 g/mol. The van der Waals surface area contributed by atoms with Crippen molar-refractivity contribution in [1.29, 1.82) is 0 Å². The van der Waals surface area contributed by atoms with Crippen molar-refractivity contribution in [1.82, 2.24) is 0 Å². The van der Waals surface area contributed by atoms with Crippen LogP contribution in [0.1, 0.15) is 28.5 Å². The Bertz CT molecular complexity index is 20.0. The first-order chi connectivity index (χ1) is 2.00. The predicted molar refractivity (Wildman–Crippen MR) is 20.7 cm³/mol.